The molecule has 0 aliphatic rings. The van der Waals surface area contributed by atoms with Gasteiger partial charge in [0.15, 0.2) is 17.5 Å². The van der Waals surface area contributed by atoms with Crippen molar-refractivity contribution in [3.8, 4) is 56.4 Å². The molecular weight excluding hydrogens is 671 g/mol. The highest BCUT2D eigenvalue weighted by atomic mass is 16.3. The lowest BCUT2D eigenvalue weighted by Crippen LogP contribution is -2.01. The maximum atomic E-state index is 6.48. The minimum atomic E-state index is 0.588. The molecule has 0 unspecified atom stereocenters. The van der Waals surface area contributed by atoms with E-state index in [9.17, 15) is 0 Å². The Morgan fingerprint density at radius 2 is 0.909 bits per heavy atom. The number of rotatable bonds is 5. The van der Waals surface area contributed by atoms with Crippen LogP contribution < -0.4 is 0 Å². The Bertz CT molecular complexity index is 3250. The highest BCUT2D eigenvalue weighted by molar-refractivity contribution is 6.21. The molecule has 0 bridgehead atoms. The highest BCUT2D eigenvalue weighted by Gasteiger charge is 2.22. The van der Waals surface area contributed by atoms with Gasteiger partial charge in [-0.3, -0.25) is 0 Å². The Morgan fingerprint density at radius 1 is 0.309 bits per heavy atom. The lowest BCUT2D eigenvalue weighted by Gasteiger charge is -2.15. The summed E-state index contributed by atoms with van der Waals surface area (Å²) in [6.07, 6.45) is 0. The summed E-state index contributed by atoms with van der Waals surface area (Å²) in [6.45, 7) is 0. The molecule has 0 radical (unpaired) electrons. The van der Waals surface area contributed by atoms with Gasteiger partial charge in [0.05, 0.1) is 0 Å². The Morgan fingerprint density at radius 3 is 1.73 bits per heavy atom. The molecule has 4 nitrogen and oxygen atoms in total. The number of hydrogen-bond donors (Lipinski definition) is 0. The van der Waals surface area contributed by atoms with Crippen LogP contribution in [-0.2, 0) is 0 Å². The summed E-state index contributed by atoms with van der Waals surface area (Å²) in [6, 6.07) is 65.8. The number of para-hydroxylation sites is 1. The van der Waals surface area contributed by atoms with E-state index in [-0.39, 0.29) is 0 Å². The average Bonchev–Trinajstić information content (AvgIpc) is 3.65. The quantitative estimate of drug-likeness (QED) is 0.168. The van der Waals surface area contributed by atoms with Crippen molar-refractivity contribution in [1.29, 1.82) is 0 Å². The zero-order valence-electron chi connectivity index (χ0n) is 29.6. The summed E-state index contributed by atoms with van der Waals surface area (Å²) in [7, 11) is 0. The van der Waals surface area contributed by atoms with E-state index in [0.717, 1.165) is 66.3 Å². The summed E-state index contributed by atoms with van der Waals surface area (Å²) in [5, 5.41) is 9.19. The van der Waals surface area contributed by atoms with Crippen molar-refractivity contribution in [2.75, 3.05) is 0 Å². The van der Waals surface area contributed by atoms with E-state index < -0.39 is 0 Å². The third-order valence-electron chi connectivity index (χ3n) is 10.7. The molecular formula is C51H31N3O. The predicted molar refractivity (Wildman–Crippen MR) is 227 cm³/mol. The predicted octanol–water partition coefficient (Wildman–Crippen LogP) is 13.6. The molecule has 0 aliphatic carbocycles. The second-order valence-corrected chi connectivity index (χ2v) is 14.0. The van der Waals surface area contributed by atoms with Crippen LogP contribution in [0.4, 0.5) is 0 Å². The standard InChI is InChI=1S/C51H31N3O/c1-3-12-32(13-4-1)37-17-11-18-38(30-37)41-28-29-45-47(42-20-9-10-21-44(42)55-45)48(41)51-53-49(36-15-5-2-6-16-36)52-50(54-51)39-27-24-34-23-26-35-25-22-33-14-7-8-19-40(33)46(35)43(34)31-39/h1-31H. The fourth-order valence-electron chi connectivity index (χ4n) is 8.08. The van der Waals surface area contributed by atoms with Crippen molar-refractivity contribution >= 4 is 54.3 Å². The summed E-state index contributed by atoms with van der Waals surface area (Å²) >= 11 is 0. The fraction of sp³-hybridized carbons (Fsp3) is 0. The van der Waals surface area contributed by atoms with E-state index >= 15 is 0 Å². The zero-order chi connectivity index (χ0) is 36.3. The van der Waals surface area contributed by atoms with Gasteiger partial charge in [-0.1, -0.05) is 158 Å². The molecule has 11 rings (SSSR count). The van der Waals surface area contributed by atoms with Crippen LogP contribution >= 0.6 is 0 Å². The van der Waals surface area contributed by atoms with E-state index in [4.69, 9.17) is 19.4 Å². The number of aromatic nitrogens is 3. The van der Waals surface area contributed by atoms with Gasteiger partial charge < -0.3 is 4.42 Å². The van der Waals surface area contributed by atoms with E-state index in [2.05, 4.69) is 152 Å². The van der Waals surface area contributed by atoms with Gasteiger partial charge in [-0.25, -0.2) is 15.0 Å². The first kappa shape index (κ1) is 31.1. The van der Waals surface area contributed by atoms with Crippen LogP contribution in [0.1, 0.15) is 0 Å². The number of furan rings is 1. The van der Waals surface area contributed by atoms with Gasteiger partial charge in [-0.2, -0.15) is 0 Å². The van der Waals surface area contributed by atoms with Crippen molar-refractivity contribution in [1.82, 2.24) is 15.0 Å². The van der Waals surface area contributed by atoms with E-state index in [1.54, 1.807) is 0 Å². The van der Waals surface area contributed by atoms with E-state index in [0.29, 0.717) is 17.5 Å². The van der Waals surface area contributed by atoms with Gasteiger partial charge in [-0.05, 0) is 84.9 Å². The van der Waals surface area contributed by atoms with Crippen LogP contribution in [0.3, 0.4) is 0 Å². The molecule has 0 amide bonds. The third-order valence-corrected chi connectivity index (χ3v) is 10.7. The largest absolute Gasteiger partial charge is 0.456 e. The molecule has 2 heterocycles. The minimum Gasteiger partial charge on any atom is -0.456 e. The Hall–Kier alpha value is -7.43. The molecule has 0 saturated carbocycles. The monoisotopic (exact) mass is 701 g/mol. The molecule has 0 spiro atoms. The molecule has 11 aromatic rings. The molecule has 9 aromatic carbocycles. The van der Waals surface area contributed by atoms with Crippen LogP contribution in [0.25, 0.3) is 111 Å². The van der Waals surface area contributed by atoms with Crippen molar-refractivity contribution in [3.63, 3.8) is 0 Å². The van der Waals surface area contributed by atoms with Gasteiger partial charge in [0.2, 0.25) is 0 Å². The number of benzene rings is 9. The fourth-order valence-corrected chi connectivity index (χ4v) is 8.08. The molecule has 0 aliphatic heterocycles. The first-order valence-electron chi connectivity index (χ1n) is 18.5. The number of fused-ring (bicyclic) bond motifs is 8. The SMILES string of the molecule is c1ccc(-c2cccc(-c3ccc4oc5ccccc5c4c3-c3nc(-c4ccccc4)nc(-c4ccc5ccc6ccc7ccccc7c6c5c4)n3)c2)cc1. The summed E-state index contributed by atoms with van der Waals surface area (Å²) < 4.78 is 6.48. The van der Waals surface area contributed by atoms with E-state index in [1.165, 1.54) is 26.9 Å². The first-order valence-corrected chi connectivity index (χ1v) is 18.5. The molecule has 4 heteroatoms. The minimum absolute atomic E-state index is 0.588. The van der Waals surface area contributed by atoms with Crippen LogP contribution in [0.15, 0.2) is 192 Å². The molecule has 0 N–H and O–H groups in total. The van der Waals surface area contributed by atoms with Gasteiger partial charge in [-0.15, -0.1) is 0 Å². The third kappa shape index (κ3) is 5.26. The lowest BCUT2D eigenvalue weighted by molar-refractivity contribution is 0.669. The summed E-state index contributed by atoms with van der Waals surface area (Å²) in [5.41, 5.74) is 8.73. The summed E-state index contributed by atoms with van der Waals surface area (Å²) in [4.78, 5) is 15.9. The maximum absolute atomic E-state index is 6.48. The van der Waals surface area contributed by atoms with E-state index in [1.807, 2.05) is 36.4 Å². The molecule has 0 fully saturated rings. The van der Waals surface area contributed by atoms with Crippen molar-refractivity contribution < 1.29 is 4.42 Å². The average molecular weight is 702 g/mol. The first-order chi connectivity index (χ1) is 27.2. The van der Waals surface area contributed by atoms with Gasteiger partial charge in [0.1, 0.15) is 11.2 Å². The Kier molecular flexibility index (Phi) is 7.14. The van der Waals surface area contributed by atoms with Gasteiger partial charge in [0.25, 0.3) is 0 Å². The zero-order valence-corrected chi connectivity index (χ0v) is 29.6. The molecule has 0 saturated heterocycles. The lowest BCUT2D eigenvalue weighted by atomic mass is 9.92. The van der Waals surface area contributed by atoms with Gasteiger partial charge in [0, 0.05) is 27.5 Å². The second-order valence-electron chi connectivity index (χ2n) is 14.0. The normalized spacial score (nSPS) is 11.6. The molecule has 0 atom stereocenters. The molecule has 256 valence electrons. The molecule has 2 aromatic heterocycles. The van der Waals surface area contributed by atoms with Crippen LogP contribution in [0.2, 0.25) is 0 Å². The number of nitrogens with zero attached hydrogens (tertiary/aromatic N) is 3. The van der Waals surface area contributed by atoms with Crippen LogP contribution in [-0.4, -0.2) is 15.0 Å². The van der Waals surface area contributed by atoms with Crippen molar-refractivity contribution in [3.05, 3.63) is 188 Å². The van der Waals surface area contributed by atoms with Crippen molar-refractivity contribution in [2.45, 2.75) is 0 Å². The topological polar surface area (TPSA) is 51.8 Å². The maximum Gasteiger partial charge on any atom is 0.165 e. The van der Waals surface area contributed by atoms with Gasteiger partial charge >= 0.3 is 0 Å². The van der Waals surface area contributed by atoms with Crippen molar-refractivity contribution in [2.24, 2.45) is 0 Å². The Balaban J connectivity index is 1.21. The van der Waals surface area contributed by atoms with Crippen LogP contribution in [0, 0.1) is 0 Å². The smallest absolute Gasteiger partial charge is 0.165 e. The highest BCUT2D eigenvalue weighted by Crippen LogP contribution is 2.43. The van der Waals surface area contributed by atoms with Crippen LogP contribution in [0.5, 0.6) is 0 Å². The summed E-state index contributed by atoms with van der Waals surface area (Å²) in [5.74, 6) is 1.80. The number of hydrogen-bond acceptors (Lipinski definition) is 4. The Labute approximate surface area is 317 Å². The second kappa shape index (κ2) is 12.6. The molecule has 55 heavy (non-hydrogen) atoms.